The quantitative estimate of drug-likeness (QED) is 0.318. The fourth-order valence-electron chi connectivity index (χ4n) is 2.81. The van der Waals surface area contributed by atoms with Gasteiger partial charge in [-0.25, -0.2) is 0 Å². The Bertz CT molecular complexity index is 995. The molecule has 1 aromatic heterocycles. The van der Waals surface area contributed by atoms with Gasteiger partial charge in [0, 0.05) is 23.7 Å². The van der Waals surface area contributed by atoms with Crippen LogP contribution in [0.5, 0.6) is 11.5 Å². The Hall–Kier alpha value is -2.71. The topological polar surface area (TPSA) is 78.3 Å². The third kappa shape index (κ3) is 6.63. The maximum absolute atomic E-state index is 12.3. The predicted octanol–water partition coefficient (Wildman–Crippen LogP) is 5.05. The van der Waals surface area contributed by atoms with Gasteiger partial charge < -0.3 is 9.47 Å². The first kappa shape index (κ1) is 23.0. The van der Waals surface area contributed by atoms with Crippen LogP contribution in [0.2, 0.25) is 5.02 Å². The maximum atomic E-state index is 12.3. The average molecular weight is 461 g/mol. The molecule has 2 aromatic carbocycles. The van der Waals surface area contributed by atoms with Crippen molar-refractivity contribution in [1.82, 2.24) is 14.8 Å². The van der Waals surface area contributed by atoms with E-state index in [2.05, 4.69) is 15.5 Å². The van der Waals surface area contributed by atoms with Crippen molar-refractivity contribution in [2.24, 2.45) is 0 Å². The van der Waals surface area contributed by atoms with Gasteiger partial charge in [-0.2, -0.15) is 0 Å². The molecule has 0 atom stereocenters. The van der Waals surface area contributed by atoms with E-state index in [1.165, 1.54) is 11.8 Å². The molecule has 0 unspecified atom stereocenters. The number of nitrogens with zero attached hydrogens (tertiary/aromatic N) is 3. The summed E-state index contributed by atoms with van der Waals surface area (Å²) < 4.78 is 12.7. The van der Waals surface area contributed by atoms with Gasteiger partial charge in [-0.05, 0) is 49.2 Å². The third-order valence-electron chi connectivity index (χ3n) is 4.48. The second-order valence-electron chi connectivity index (χ2n) is 6.61. The van der Waals surface area contributed by atoms with Gasteiger partial charge in [-0.1, -0.05) is 41.6 Å². The smallest absolute Gasteiger partial charge is 0.231 e. The zero-order valence-corrected chi connectivity index (χ0v) is 19.1. The second kappa shape index (κ2) is 11.6. The van der Waals surface area contributed by atoms with Crippen molar-refractivity contribution >= 4 is 35.2 Å². The molecule has 3 rings (SSSR count). The van der Waals surface area contributed by atoms with Gasteiger partial charge >= 0.3 is 0 Å². The van der Waals surface area contributed by atoms with Gasteiger partial charge in [0.25, 0.3) is 0 Å². The van der Waals surface area contributed by atoms with E-state index in [0.717, 1.165) is 27.2 Å². The zero-order valence-electron chi connectivity index (χ0n) is 17.5. The lowest BCUT2D eigenvalue weighted by Crippen LogP contribution is -2.16. The number of amides is 1. The molecule has 164 valence electrons. The largest absolute Gasteiger partial charge is 0.497 e. The molecule has 0 radical (unpaired) electrons. The summed E-state index contributed by atoms with van der Waals surface area (Å²) >= 11 is 7.76. The number of carbonyl (C=O) groups excluding carboxylic acids is 1. The van der Waals surface area contributed by atoms with Crippen LogP contribution < -0.4 is 14.8 Å². The molecule has 0 bridgehead atoms. The van der Waals surface area contributed by atoms with E-state index in [-0.39, 0.29) is 5.91 Å². The Morgan fingerprint density at radius 1 is 1.13 bits per heavy atom. The summed E-state index contributed by atoms with van der Waals surface area (Å²) in [7, 11) is 1.62. The number of hydrogen-bond acceptors (Lipinski definition) is 6. The number of anilines is 1. The van der Waals surface area contributed by atoms with E-state index < -0.39 is 0 Å². The number of halogens is 1. The van der Waals surface area contributed by atoms with Crippen molar-refractivity contribution in [3.8, 4) is 11.5 Å². The summed E-state index contributed by atoms with van der Waals surface area (Å²) in [6.07, 6.45) is 0.918. The molecule has 1 N–H and O–H groups in total. The van der Waals surface area contributed by atoms with Gasteiger partial charge in [-0.3, -0.25) is 14.7 Å². The lowest BCUT2D eigenvalue weighted by Gasteiger charge is -2.09. The van der Waals surface area contributed by atoms with E-state index in [1.807, 2.05) is 60.0 Å². The maximum Gasteiger partial charge on any atom is 0.231 e. The fraction of sp³-hybridized carbons (Fsp3) is 0.318. The summed E-state index contributed by atoms with van der Waals surface area (Å²) in [5, 5.41) is 12.7. The number of thioether (sulfide) groups is 1. The van der Waals surface area contributed by atoms with Crippen molar-refractivity contribution in [3.63, 3.8) is 0 Å². The van der Waals surface area contributed by atoms with Crippen LogP contribution in [0.15, 0.2) is 53.7 Å². The van der Waals surface area contributed by atoms with Crippen molar-refractivity contribution in [2.45, 2.75) is 37.2 Å². The highest BCUT2D eigenvalue weighted by Crippen LogP contribution is 2.27. The number of rotatable bonds is 11. The highest BCUT2D eigenvalue weighted by Gasteiger charge is 2.14. The first-order valence-electron chi connectivity index (χ1n) is 9.96. The van der Waals surface area contributed by atoms with Crippen LogP contribution in [0.1, 0.15) is 25.3 Å². The van der Waals surface area contributed by atoms with Crippen LogP contribution in [0.25, 0.3) is 0 Å². The molecule has 31 heavy (non-hydrogen) atoms. The van der Waals surface area contributed by atoms with Crippen LogP contribution in [-0.2, 0) is 17.1 Å². The first-order chi connectivity index (χ1) is 15.1. The van der Waals surface area contributed by atoms with E-state index in [1.54, 1.807) is 7.11 Å². The molecule has 0 aliphatic carbocycles. The number of benzene rings is 2. The standard InChI is InChI=1S/C22H25ClN4O3S/c1-3-27-21(25-26-22(27)31-15-16-7-4-5-8-19(16)23)24-20(28)9-6-14-30-18-12-10-17(29-2)11-13-18/h4-5,7-8,10-13H,3,6,9,14-15H2,1-2H3,(H,24,25,28). The third-order valence-corrected chi connectivity index (χ3v) is 5.86. The van der Waals surface area contributed by atoms with Crippen molar-refractivity contribution < 1.29 is 14.3 Å². The minimum atomic E-state index is -0.122. The Morgan fingerprint density at radius 3 is 2.58 bits per heavy atom. The summed E-state index contributed by atoms with van der Waals surface area (Å²) in [5.74, 6) is 2.52. The summed E-state index contributed by atoms with van der Waals surface area (Å²) in [6.45, 7) is 3.08. The molecule has 0 saturated heterocycles. The molecule has 0 saturated carbocycles. The molecule has 3 aromatic rings. The molecule has 0 aliphatic rings. The predicted molar refractivity (Wildman–Crippen MR) is 123 cm³/mol. The monoisotopic (exact) mass is 460 g/mol. The number of nitrogens with one attached hydrogen (secondary N) is 1. The van der Waals surface area contributed by atoms with Gasteiger partial charge in [0.15, 0.2) is 5.16 Å². The molecule has 7 nitrogen and oxygen atoms in total. The lowest BCUT2D eigenvalue weighted by molar-refractivity contribution is -0.116. The van der Waals surface area contributed by atoms with Crippen LogP contribution in [0.4, 0.5) is 5.95 Å². The molecule has 1 amide bonds. The fourth-order valence-corrected chi connectivity index (χ4v) is 4.10. The zero-order chi connectivity index (χ0) is 22.1. The molecule has 0 spiro atoms. The number of ether oxygens (including phenoxy) is 2. The van der Waals surface area contributed by atoms with Crippen molar-refractivity contribution in [3.05, 3.63) is 59.1 Å². The number of carbonyl (C=O) groups is 1. The normalized spacial score (nSPS) is 10.7. The summed E-state index contributed by atoms with van der Waals surface area (Å²) in [6, 6.07) is 15.1. The average Bonchev–Trinajstić information content (AvgIpc) is 3.17. The van der Waals surface area contributed by atoms with Crippen LogP contribution in [0.3, 0.4) is 0 Å². The highest BCUT2D eigenvalue weighted by molar-refractivity contribution is 7.98. The van der Waals surface area contributed by atoms with Gasteiger partial charge in [0.05, 0.1) is 13.7 Å². The number of methoxy groups -OCH3 is 1. The Morgan fingerprint density at radius 2 is 1.87 bits per heavy atom. The summed E-state index contributed by atoms with van der Waals surface area (Å²) in [4.78, 5) is 12.3. The second-order valence-corrected chi connectivity index (χ2v) is 7.96. The van der Waals surface area contributed by atoms with Crippen LogP contribution >= 0.6 is 23.4 Å². The van der Waals surface area contributed by atoms with Gasteiger partial charge in [0.2, 0.25) is 11.9 Å². The van der Waals surface area contributed by atoms with E-state index in [9.17, 15) is 4.79 Å². The molecule has 9 heteroatoms. The van der Waals surface area contributed by atoms with E-state index >= 15 is 0 Å². The first-order valence-corrected chi connectivity index (χ1v) is 11.3. The molecular weight excluding hydrogens is 436 g/mol. The lowest BCUT2D eigenvalue weighted by atomic mass is 10.2. The molecule has 1 heterocycles. The molecular formula is C22H25ClN4O3S. The Balaban J connectivity index is 1.46. The van der Waals surface area contributed by atoms with E-state index in [4.69, 9.17) is 21.1 Å². The molecule has 0 aliphatic heterocycles. The van der Waals surface area contributed by atoms with Crippen molar-refractivity contribution in [2.75, 3.05) is 19.0 Å². The van der Waals surface area contributed by atoms with Gasteiger partial charge in [0.1, 0.15) is 11.5 Å². The minimum Gasteiger partial charge on any atom is -0.497 e. The number of aromatic nitrogens is 3. The van der Waals surface area contributed by atoms with E-state index in [0.29, 0.717) is 37.7 Å². The van der Waals surface area contributed by atoms with Crippen molar-refractivity contribution in [1.29, 1.82) is 0 Å². The Kier molecular flexibility index (Phi) is 8.61. The molecule has 0 fully saturated rings. The van der Waals surface area contributed by atoms with Gasteiger partial charge in [-0.15, -0.1) is 10.2 Å². The SMILES string of the molecule is CCn1c(NC(=O)CCCOc2ccc(OC)cc2)nnc1SCc1ccccc1Cl. The van der Waals surface area contributed by atoms with Crippen LogP contribution in [-0.4, -0.2) is 34.4 Å². The van der Waals surface area contributed by atoms with Crippen LogP contribution in [0, 0.1) is 0 Å². The minimum absolute atomic E-state index is 0.122. The number of hydrogen-bond donors (Lipinski definition) is 1. The summed E-state index contributed by atoms with van der Waals surface area (Å²) in [5.41, 5.74) is 1.03. The highest BCUT2D eigenvalue weighted by atomic mass is 35.5. The Labute approximate surface area is 191 Å².